The predicted molar refractivity (Wildman–Crippen MR) is 102 cm³/mol. The van der Waals surface area contributed by atoms with Crippen LogP contribution < -0.4 is 0 Å². The van der Waals surface area contributed by atoms with E-state index in [1.165, 1.54) is 36.9 Å². The van der Waals surface area contributed by atoms with E-state index in [1.54, 1.807) is 20.8 Å². The average molecular weight is 484 g/mol. The number of hydrogen-bond donors (Lipinski definition) is 0. The Morgan fingerprint density at radius 1 is 0.885 bits per heavy atom. The second-order valence-corrected chi connectivity index (χ2v) is 8.31. The molecule has 2 aromatic heterocycles. The van der Waals surface area contributed by atoms with Crippen molar-refractivity contribution in [1.29, 1.82) is 0 Å². The fourth-order valence-electron chi connectivity index (χ4n) is 2.12. The lowest BCUT2D eigenvalue weighted by atomic mass is 9.91. The summed E-state index contributed by atoms with van der Waals surface area (Å²) in [6.45, 7) is 4.99. The molecule has 0 radical (unpaired) electrons. The fraction of sp³-hybridized carbons (Fsp3) is 0.278. The van der Waals surface area contributed by atoms with Gasteiger partial charge in [-0.05, 0) is 64.8 Å². The van der Waals surface area contributed by atoms with Crippen LogP contribution in [0.1, 0.15) is 41.5 Å². The first kappa shape index (κ1) is 20.4. The first-order valence-corrected chi connectivity index (χ1v) is 9.19. The Kier molecular flexibility index (Phi) is 6.41. The van der Waals surface area contributed by atoms with Crippen LogP contribution in [0.2, 0.25) is 0 Å². The van der Waals surface area contributed by atoms with Crippen LogP contribution in [0.25, 0.3) is 0 Å². The van der Waals surface area contributed by atoms with E-state index in [1.807, 2.05) is 0 Å². The Balaban J connectivity index is 2.46. The van der Waals surface area contributed by atoms with Crippen LogP contribution >= 0.6 is 31.9 Å². The third kappa shape index (κ3) is 5.28. The highest BCUT2D eigenvalue weighted by molar-refractivity contribution is 9.10. The lowest BCUT2D eigenvalue weighted by Gasteiger charge is -2.23. The molecule has 8 heteroatoms. The minimum absolute atomic E-state index is 0.131. The molecule has 2 rings (SSSR count). The smallest absolute Gasteiger partial charge is 0.325 e. The maximum absolute atomic E-state index is 12.9. The molecule has 136 valence electrons. The standard InChI is InChI=1S/C18H16Br2N2O4/c1-18(2,3)26-17(25)14(15(23)10-4-12(19)8-21-6-10)16(24)11-5-13(20)9-22-7-11/h4-9,14H,1-3H3. The molecule has 0 fully saturated rings. The summed E-state index contributed by atoms with van der Waals surface area (Å²) >= 11 is 6.45. The first-order valence-electron chi connectivity index (χ1n) is 7.61. The molecule has 0 aliphatic rings. The van der Waals surface area contributed by atoms with Gasteiger partial charge in [-0.1, -0.05) is 0 Å². The lowest BCUT2D eigenvalue weighted by Crippen LogP contribution is -2.37. The number of pyridine rings is 2. The van der Waals surface area contributed by atoms with E-state index in [0.29, 0.717) is 8.95 Å². The van der Waals surface area contributed by atoms with Crippen molar-refractivity contribution in [2.45, 2.75) is 26.4 Å². The second kappa shape index (κ2) is 8.18. The highest BCUT2D eigenvalue weighted by Crippen LogP contribution is 2.22. The van der Waals surface area contributed by atoms with Crippen LogP contribution in [-0.2, 0) is 9.53 Å². The van der Waals surface area contributed by atoms with Crippen molar-refractivity contribution in [1.82, 2.24) is 9.97 Å². The van der Waals surface area contributed by atoms with Crippen molar-refractivity contribution >= 4 is 49.4 Å². The number of carbonyl (C=O) groups is 3. The maximum Gasteiger partial charge on any atom is 0.325 e. The summed E-state index contributed by atoms with van der Waals surface area (Å²) < 4.78 is 6.42. The Morgan fingerprint density at radius 2 is 1.31 bits per heavy atom. The molecule has 0 aliphatic carbocycles. The summed E-state index contributed by atoms with van der Waals surface area (Å²) in [4.78, 5) is 46.3. The van der Waals surface area contributed by atoms with Crippen LogP contribution in [-0.4, -0.2) is 33.1 Å². The molecule has 0 atom stereocenters. The van der Waals surface area contributed by atoms with E-state index in [2.05, 4.69) is 41.8 Å². The summed E-state index contributed by atoms with van der Waals surface area (Å²) in [5.41, 5.74) is -0.584. The monoisotopic (exact) mass is 482 g/mol. The minimum atomic E-state index is -1.64. The highest BCUT2D eigenvalue weighted by Gasteiger charge is 2.38. The Hall–Kier alpha value is -1.93. The van der Waals surface area contributed by atoms with Gasteiger partial charge in [0, 0.05) is 44.9 Å². The molecule has 0 N–H and O–H groups in total. The minimum Gasteiger partial charge on any atom is -0.459 e. The number of ketones is 2. The van der Waals surface area contributed by atoms with Crippen molar-refractivity contribution in [2.75, 3.05) is 0 Å². The third-order valence-corrected chi connectivity index (χ3v) is 4.01. The Morgan fingerprint density at radius 3 is 1.65 bits per heavy atom. The summed E-state index contributed by atoms with van der Waals surface area (Å²) in [7, 11) is 0. The lowest BCUT2D eigenvalue weighted by molar-refractivity contribution is -0.156. The van der Waals surface area contributed by atoms with E-state index in [4.69, 9.17) is 4.74 Å². The topological polar surface area (TPSA) is 86.2 Å². The molecule has 0 unspecified atom stereocenters. The van der Waals surface area contributed by atoms with Gasteiger partial charge >= 0.3 is 5.97 Å². The maximum atomic E-state index is 12.9. The number of ether oxygens (including phenoxy) is 1. The van der Waals surface area contributed by atoms with Gasteiger partial charge in [0.25, 0.3) is 0 Å². The summed E-state index contributed by atoms with van der Waals surface area (Å²) in [6, 6.07) is 3.00. The number of esters is 1. The van der Waals surface area contributed by atoms with E-state index in [-0.39, 0.29) is 11.1 Å². The quantitative estimate of drug-likeness (QED) is 0.362. The van der Waals surface area contributed by atoms with Crippen molar-refractivity contribution < 1.29 is 19.1 Å². The molecule has 0 spiro atoms. The van der Waals surface area contributed by atoms with Crippen molar-refractivity contribution in [3.05, 3.63) is 57.0 Å². The zero-order valence-electron chi connectivity index (χ0n) is 14.3. The molecule has 2 aromatic rings. The molecule has 6 nitrogen and oxygen atoms in total. The molecular formula is C18H16Br2N2O4. The SMILES string of the molecule is CC(C)(C)OC(=O)C(C(=O)c1cncc(Br)c1)C(=O)c1cncc(Br)c1. The largest absolute Gasteiger partial charge is 0.459 e. The normalized spacial score (nSPS) is 11.3. The zero-order valence-corrected chi connectivity index (χ0v) is 17.5. The molecule has 0 aliphatic heterocycles. The molecular weight excluding hydrogens is 468 g/mol. The molecule has 0 bridgehead atoms. The second-order valence-electron chi connectivity index (χ2n) is 6.48. The zero-order chi connectivity index (χ0) is 19.5. The van der Waals surface area contributed by atoms with E-state index in [0.717, 1.165) is 0 Å². The van der Waals surface area contributed by atoms with E-state index in [9.17, 15) is 14.4 Å². The first-order chi connectivity index (χ1) is 12.1. The van der Waals surface area contributed by atoms with Gasteiger partial charge < -0.3 is 4.74 Å². The summed E-state index contributed by atoms with van der Waals surface area (Å²) in [5.74, 6) is -3.91. The van der Waals surface area contributed by atoms with Crippen LogP contribution in [0.5, 0.6) is 0 Å². The van der Waals surface area contributed by atoms with Crippen molar-refractivity contribution in [3.63, 3.8) is 0 Å². The van der Waals surface area contributed by atoms with Gasteiger partial charge in [-0.25, -0.2) is 0 Å². The number of hydrogen-bond acceptors (Lipinski definition) is 6. The third-order valence-electron chi connectivity index (χ3n) is 3.15. The van der Waals surface area contributed by atoms with E-state index < -0.39 is 29.1 Å². The van der Waals surface area contributed by atoms with Crippen molar-refractivity contribution in [2.24, 2.45) is 5.92 Å². The van der Waals surface area contributed by atoms with Gasteiger partial charge in [0.1, 0.15) is 5.60 Å². The van der Waals surface area contributed by atoms with Crippen LogP contribution in [0, 0.1) is 5.92 Å². The summed E-state index contributed by atoms with van der Waals surface area (Å²) in [5, 5.41) is 0. The van der Waals surface area contributed by atoms with E-state index >= 15 is 0 Å². The molecule has 26 heavy (non-hydrogen) atoms. The number of rotatable bonds is 5. The molecule has 0 aromatic carbocycles. The number of nitrogens with zero attached hydrogens (tertiary/aromatic N) is 2. The molecule has 0 amide bonds. The summed E-state index contributed by atoms with van der Waals surface area (Å²) in [6.07, 6.45) is 5.60. The Labute approximate surface area is 167 Å². The number of aromatic nitrogens is 2. The predicted octanol–water partition coefficient (Wildman–Crippen LogP) is 4.03. The molecule has 2 heterocycles. The average Bonchev–Trinajstić information content (AvgIpc) is 2.53. The van der Waals surface area contributed by atoms with Gasteiger partial charge in [-0.15, -0.1) is 0 Å². The molecule has 0 saturated carbocycles. The van der Waals surface area contributed by atoms with Crippen LogP contribution in [0.15, 0.2) is 45.9 Å². The van der Waals surface area contributed by atoms with Crippen LogP contribution in [0.4, 0.5) is 0 Å². The van der Waals surface area contributed by atoms with Gasteiger partial charge in [0.15, 0.2) is 17.5 Å². The van der Waals surface area contributed by atoms with Gasteiger partial charge in [-0.3, -0.25) is 24.4 Å². The Bertz CT molecular complexity index is 805. The van der Waals surface area contributed by atoms with Gasteiger partial charge in [-0.2, -0.15) is 0 Å². The number of halogens is 2. The van der Waals surface area contributed by atoms with Gasteiger partial charge in [0.2, 0.25) is 0 Å². The van der Waals surface area contributed by atoms with Crippen molar-refractivity contribution in [3.8, 4) is 0 Å². The molecule has 0 saturated heterocycles. The fourth-order valence-corrected chi connectivity index (χ4v) is 2.85. The highest BCUT2D eigenvalue weighted by atomic mass is 79.9. The number of Topliss-reactive ketones (excluding diaryl/α,β-unsaturated/α-hetero) is 2. The van der Waals surface area contributed by atoms with Gasteiger partial charge in [0.05, 0.1) is 0 Å². The number of carbonyl (C=O) groups excluding carboxylic acids is 3. The van der Waals surface area contributed by atoms with Crippen LogP contribution in [0.3, 0.4) is 0 Å².